The number of rotatable bonds is 9. The number of hydrogen-bond acceptors (Lipinski definition) is 8. The molecule has 5 rings (SSSR count). The maximum Gasteiger partial charge on any atom is 0.342 e. The Morgan fingerprint density at radius 1 is 1.14 bits per heavy atom. The van der Waals surface area contributed by atoms with Gasteiger partial charge in [-0.3, -0.25) is 5.10 Å². The van der Waals surface area contributed by atoms with Crippen LogP contribution < -0.4 is 18.9 Å². The molecule has 3 aromatic carbocycles. The summed E-state index contributed by atoms with van der Waals surface area (Å²) >= 11 is 7.03. The Balaban J connectivity index is 1.26. The van der Waals surface area contributed by atoms with Crippen molar-refractivity contribution in [1.29, 1.82) is 0 Å². The third-order valence-electron chi connectivity index (χ3n) is 5.31. The number of halogens is 1. The number of hydrogen-bond donors (Lipinski definition) is 2. The number of aliphatic carboxylic acids is 1. The molecule has 0 radical (unpaired) electrons. The molecule has 37 heavy (non-hydrogen) atoms. The summed E-state index contributed by atoms with van der Waals surface area (Å²) in [5.74, 6) is 1.94. The van der Waals surface area contributed by atoms with Crippen molar-refractivity contribution in [3.8, 4) is 34.4 Å². The predicted octanol–water partition coefficient (Wildman–Crippen LogP) is 5.66. The van der Waals surface area contributed by atoms with E-state index in [2.05, 4.69) is 15.2 Å². The second-order valence-corrected chi connectivity index (χ2v) is 9.22. The smallest absolute Gasteiger partial charge is 0.342 e. The van der Waals surface area contributed by atoms with Crippen molar-refractivity contribution in [3.05, 3.63) is 81.7 Å². The number of carboxylic acids is 1. The van der Waals surface area contributed by atoms with E-state index in [1.165, 1.54) is 7.11 Å². The molecule has 0 fully saturated rings. The number of ether oxygens (including phenoxy) is 4. The molecular weight excluding hydrogens is 518 g/mol. The molecule has 0 aliphatic carbocycles. The van der Waals surface area contributed by atoms with Gasteiger partial charge < -0.3 is 24.1 Å². The molecule has 1 aliphatic heterocycles. The minimum Gasteiger partial charge on any atom is -0.496 e. The molecule has 188 valence electrons. The van der Waals surface area contributed by atoms with Gasteiger partial charge in [-0.15, -0.1) is 5.10 Å². The molecular formula is C26H20ClN3O6S. The highest BCUT2D eigenvalue weighted by atomic mass is 35.5. The van der Waals surface area contributed by atoms with Gasteiger partial charge in [-0.2, -0.15) is 0 Å². The first kappa shape index (κ1) is 24.5. The van der Waals surface area contributed by atoms with Crippen LogP contribution in [0.3, 0.4) is 0 Å². The molecule has 2 heterocycles. The van der Waals surface area contributed by atoms with Gasteiger partial charge in [0.2, 0.25) is 11.9 Å². The van der Waals surface area contributed by atoms with Crippen molar-refractivity contribution in [1.82, 2.24) is 15.2 Å². The molecule has 9 nitrogen and oxygen atoms in total. The van der Waals surface area contributed by atoms with Crippen molar-refractivity contribution in [2.45, 2.75) is 11.8 Å². The number of aromatic nitrogens is 3. The van der Waals surface area contributed by atoms with Crippen molar-refractivity contribution in [2.24, 2.45) is 0 Å². The number of nitrogens with zero attached hydrogens (tertiary/aromatic N) is 2. The van der Waals surface area contributed by atoms with E-state index < -0.39 is 5.97 Å². The number of nitrogens with one attached hydrogen (secondary N) is 1. The highest BCUT2D eigenvalue weighted by Gasteiger charge is 2.17. The Bertz CT molecular complexity index is 1470. The van der Waals surface area contributed by atoms with Crippen molar-refractivity contribution < 1.29 is 28.8 Å². The van der Waals surface area contributed by atoms with Crippen LogP contribution in [0.4, 0.5) is 0 Å². The van der Waals surface area contributed by atoms with Crippen LogP contribution in [-0.4, -0.2) is 40.2 Å². The number of fused-ring (bicyclic) bond motifs is 1. The molecule has 0 amide bonds. The van der Waals surface area contributed by atoms with Crippen LogP contribution in [0, 0.1) is 0 Å². The number of thioether (sulfide) groups is 1. The maximum absolute atomic E-state index is 11.9. The zero-order valence-corrected chi connectivity index (χ0v) is 21.0. The molecule has 0 spiro atoms. The molecule has 11 heteroatoms. The normalized spacial score (nSPS) is 12.4. The van der Waals surface area contributed by atoms with Crippen LogP contribution in [0.1, 0.15) is 11.1 Å². The van der Waals surface area contributed by atoms with Gasteiger partial charge >= 0.3 is 5.97 Å². The summed E-state index contributed by atoms with van der Waals surface area (Å²) in [5, 5.41) is 17.4. The molecule has 0 saturated heterocycles. The van der Waals surface area contributed by atoms with Gasteiger partial charge in [0.25, 0.3) is 0 Å². The predicted molar refractivity (Wildman–Crippen MR) is 138 cm³/mol. The Hall–Kier alpha value is -4.15. The lowest BCUT2D eigenvalue weighted by Crippen LogP contribution is -1.98. The van der Waals surface area contributed by atoms with Crippen molar-refractivity contribution in [3.63, 3.8) is 0 Å². The second kappa shape index (κ2) is 10.9. The van der Waals surface area contributed by atoms with Gasteiger partial charge in [0, 0.05) is 5.02 Å². The highest BCUT2D eigenvalue weighted by molar-refractivity contribution is 8.04. The molecule has 4 aromatic rings. The molecule has 0 saturated carbocycles. The lowest BCUT2D eigenvalue weighted by Gasteiger charge is -2.07. The first-order valence-corrected chi connectivity index (χ1v) is 12.2. The number of benzene rings is 3. The third-order valence-corrected chi connectivity index (χ3v) is 6.43. The van der Waals surface area contributed by atoms with E-state index in [0.29, 0.717) is 45.8 Å². The quantitative estimate of drug-likeness (QED) is 0.206. The molecule has 0 bridgehead atoms. The topological polar surface area (TPSA) is 116 Å². The maximum atomic E-state index is 11.9. The Morgan fingerprint density at radius 3 is 2.73 bits per heavy atom. The summed E-state index contributed by atoms with van der Waals surface area (Å²) in [5.41, 5.74) is 2.25. The average molecular weight is 538 g/mol. The SMILES string of the molecule is COc1ccc(Cl)cc1-c1nc(S/C(=C\c2ccc(OCc3ccc4c(c3)OCO4)cc2)C(=O)O)n[nH]1. The van der Waals surface area contributed by atoms with Gasteiger partial charge in [0.15, 0.2) is 17.3 Å². The van der Waals surface area contributed by atoms with Crippen LogP contribution in [0.25, 0.3) is 17.5 Å². The Labute approximate surface area is 221 Å². The number of carboxylic acid groups (broad SMARTS) is 1. The average Bonchev–Trinajstić information content (AvgIpc) is 3.57. The fraction of sp³-hybridized carbons (Fsp3) is 0.115. The summed E-state index contributed by atoms with van der Waals surface area (Å²) in [6, 6.07) is 17.9. The number of carbonyl (C=O) groups is 1. The molecule has 0 unspecified atom stereocenters. The zero-order chi connectivity index (χ0) is 25.8. The zero-order valence-electron chi connectivity index (χ0n) is 19.4. The number of methoxy groups -OCH3 is 1. The van der Waals surface area contributed by atoms with Gasteiger partial charge in [-0.1, -0.05) is 29.8 Å². The summed E-state index contributed by atoms with van der Waals surface area (Å²) in [6.07, 6.45) is 1.55. The summed E-state index contributed by atoms with van der Waals surface area (Å²) in [4.78, 5) is 16.4. The molecule has 2 N–H and O–H groups in total. The monoisotopic (exact) mass is 537 g/mol. The van der Waals surface area contributed by atoms with E-state index in [0.717, 1.165) is 23.1 Å². The van der Waals surface area contributed by atoms with E-state index in [1.807, 2.05) is 18.2 Å². The second-order valence-electron chi connectivity index (χ2n) is 7.77. The van der Waals surface area contributed by atoms with Crippen LogP contribution in [0.15, 0.2) is 70.7 Å². The lowest BCUT2D eigenvalue weighted by atomic mass is 10.2. The first-order chi connectivity index (χ1) is 18.0. The van der Waals surface area contributed by atoms with Crippen molar-refractivity contribution >= 4 is 35.4 Å². The molecule has 1 aliphatic rings. The number of H-pyrrole nitrogens is 1. The van der Waals surface area contributed by atoms with Gasteiger partial charge in [-0.05, 0) is 71.4 Å². The van der Waals surface area contributed by atoms with E-state index >= 15 is 0 Å². The Morgan fingerprint density at radius 2 is 1.95 bits per heavy atom. The van der Waals surface area contributed by atoms with Crippen LogP contribution in [-0.2, 0) is 11.4 Å². The summed E-state index contributed by atoms with van der Waals surface area (Å²) < 4.78 is 21.9. The van der Waals surface area contributed by atoms with Crippen LogP contribution >= 0.6 is 23.4 Å². The molecule has 1 aromatic heterocycles. The van der Waals surface area contributed by atoms with E-state index in [4.69, 9.17) is 30.5 Å². The van der Waals surface area contributed by atoms with E-state index in [9.17, 15) is 9.90 Å². The minimum absolute atomic E-state index is 0.0534. The standard InChI is InChI=1S/C26H20ClN3O6S/c1-33-20-9-5-17(27)12-19(20)24-28-26(30-29-24)37-23(25(31)32)11-15-2-6-18(7-3-15)34-13-16-4-8-21-22(10-16)36-14-35-21/h2-12H,13-14H2,1H3,(H,31,32)(H,28,29,30)/b23-11-. The van der Waals surface area contributed by atoms with E-state index in [-0.39, 0.29) is 16.9 Å². The lowest BCUT2D eigenvalue weighted by molar-refractivity contribution is -0.131. The minimum atomic E-state index is -1.10. The third kappa shape index (κ3) is 5.82. The number of aromatic amines is 1. The van der Waals surface area contributed by atoms with E-state index in [1.54, 1.807) is 48.5 Å². The highest BCUT2D eigenvalue weighted by Crippen LogP contribution is 2.34. The van der Waals surface area contributed by atoms with Gasteiger partial charge in [0.05, 0.1) is 12.7 Å². The Kier molecular flexibility index (Phi) is 7.20. The fourth-order valence-corrected chi connectivity index (χ4v) is 4.40. The van der Waals surface area contributed by atoms with Gasteiger partial charge in [0.1, 0.15) is 23.0 Å². The fourth-order valence-electron chi connectivity index (χ4n) is 3.52. The first-order valence-electron chi connectivity index (χ1n) is 11.0. The van der Waals surface area contributed by atoms with Crippen LogP contribution in [0.5, 0.6) is 23.0 Å². The van der Waals surface area contributed by atoms with Crippen molar-refractivity contribution in [2.75, 3.05) is 13.9 Å². The molecule has 0 atom stereocenters. The largest absolute Gasteiger partial charge is 0.496 e. The summed E-state index contributed by atoms with van der Waals surface area (Å²) in [6.45, 7) is 0.575. The van der Waals surface area contributed by atoms with Gasteiger partial charge in [-0.25, -0.2) is 9.78 Å². The van der Waals surface area contributed by atoms with Crippen LogP contribution in [0.2, 0.25) is 5.02 Å². The summed E-state index contributed by atoms with van der Waals surface area (Å²) in [7, 11) is 1.54.